The second kappa shape index (κ2) is 10.7. The molecular weight excluding hydrogens is 560 g/mol. The van der Waals surface area contributed by atoms with Gasteiger partial charge in [-0.25, -0.2) is 23.7 Å². The third-order valence-electron chi connectivity index (χ3n) is 6.49. The van der Waals surface area contributed by atoms with Crippen LogP contribution in [-0.2, 0) is 19.1 Å². The predicted molar refractivity (Wildman–Crippen MR) is 143 cm³/mol. The number of aromatic nitrogens is 2. The van der Waals surface area contributed by atoms with Gasteiger partial charge in [0.1, 0.15) is 35.5 Å². The predicted octanol–water partition coefficient (Wildman–Crippen LogP) is 0.168. The lowest BCUT2D eigenvalue weighted by Gasteiger charge is -2.49. The van der Waals surface area contributed by atoms with Crippen molar-refractivity contribution in [1.82, 2.24) is 25.1 Å². The van der Waals surface area contributed by atoms with Gasteiger partial charge in [0.25, 0.3) is 5.91 Å². The summed E-state index contributed by atoms with van der Waals surface area (Å²) in [6, 6.07) is 8.34. The molecule has 2 aliphatic rings. The number of nitrogens with one attached hydrogen (secondary N) is 3. The number of primary amides is 1. The number of carboxylic acid groups (broad SMARTS) is 1. The number of nitrogens with two attached hydrogens (primary N) is 1. The van der Waals surface area contributed by atoms with E-state index in [1.807, 2.05) is 0 Å². The van der Waals surface area contributed by atoms with Gasteiger partial charge in [0.15, 0.2) is 0 Å². The van der Waals surface area contributed by atoms with E-state index in [2.05, 4.69) is 15.6 Å². The lowest BCUT2D eigenvalue weighted by atomic mass is 10.0. The lowest BCUT2D eigenvalue weighted by Crippen LogP contribution is -2.71. The molecule has 1 saturated heterocycles. The van der Waals surface area contributed by atoms with E-state index in [-0.39, 0.29) is 33.9 Å². The molecule has 1 aromatic heterocycles. The molecule has 4 amide bonds. The summed E-state index contributed by atoms with van der Waals surface area (Å²) < 4.78 is 5.52. The molecular formula is C25H22N6O9S. The Kier molecular flexibility index (Phi) is 7.15. The summed E-state index contributed by atoms with van der Waals surface area (Å²) in [7, 11) is 0. The number of ether oxygens (including phenoxy) is 1. The fourth-order valence-corrected chi connectivity index (χ4v) is 5.93. The number of aromatic amines is 1. The third-order valence-corrected chi connectivity index (χ3v) is 7.83. The molecule has 0 saturated carbocycles. The number of fused-ring (bicyclic) bond motifs is 2. The van der Waals surface area contributed by atoms with E-state index in [4.69, 9.17) is 10.5 Å². The van der Waals surface area contributed by atoms with E-state index in [0.29, 0.717) is 5.52 Å². The first-order valence-electron chi connectivity index (χ1n) is 12.0. The van der Waals surface area contributed by atoms with Crippen LogP contribution in [0, 0.1) is 0 Å². The lowest BCUT2D eigenvalue weighted by molar-refractivity contribution is -0.151. The van der Waals surface area contributed by atoms with Crippen molar-refractivity contribution in [2.45, 2.75) is 17.5 Å². The van der Waals surface area contributed by atoms with Crippen LogP contribution >= 0.6 is 11.8 Å². The highest BCUT2D eigenvalue weighted by Gasteiger charge is 2.54. The fourth-order valence-electron chi connectivity index (χ4n) is 4.60. The summed E-state index contributed by atoms with van der Waals surface area (Å²) in [6.45, 7) is -0.417. The maximum absolute atomic E-state index is 13.5. The van der Waals surface area contributed by atoms with Gasteiger partial charge in [-0.05, 0) is 29.8 Å². The second-order valence-electron chi connectivity index (χ2n) is 9.02. The van der Waals surface area contributed by atoms with Crippen molar-refractivity contribution in [1.29, 1.82) is 0 Å². The number of para-hydroxylation sites is 2. The van der Waals surface area contributed by atoms with Crippen molar-refractivity contribution >= 4 is 52.7 Å². The van der Waals surface area contributed by atoms with Crippen molar-refractivity contribution in [3.8, 4) is 5.75 Å². The van der Waals surface area contributed by atoms with E-state index in [1.54, 1.807) is 24.3 Å². The molecule has 7 N–H and O–H groups in total. The number of carbonyl (C=O) groups excluding carboxylic acids is 4. The first-order chi connectivity index (χ1) is 19.6. The summed E-state index contributed by atoms with van der Waals surface area (Å²) in [4.78, 5) is 78.7. The number of aliphatic carboxylic acids is 1. The molecule has 2 unspecified atom stereocenters. The highest BCUT2D eigenvalue weighted by atomic mass is 32.2. The van der Waals surface area contributed by atoms with Crippen molar-refractivity contribution in [3.05, 3.63) is 75.8 Å². The maximum atomic E-state index is 13.5. The number of thioether (sulfide) groups is 1. The molecule has 0 spiro atoms. The number of rotatable bonds is 7. The van der Waals surface area contributed by atoms with Crippen LogP contribution in [0.25, 0.3) is 11.0 Å². The Morgan fingerprint density at radius 2 is 1.83 bits per heavy atom. The fraction of sp³-hybridized carbons (Fsp3) is 0.200. The minimum atomic E-state index is -1.42. The second-order valence-corrected chi connectivity index (χ2v) is 10.1. The Morgan fingerprint density at radius 3 is 2.51 bits per heavy atom. The van der Waals surface area contributed by atoms with Gasteiger partial charge in [-0.2, -0.15) is 0 Å². The molecule has 41 heavy (non-hydrogen) atoms. The molecule has 2 aromatic carbocycles. The van der Waals surface area contributed by atoms with Crippen LogP contribution in [0.3, 0.4) is 0 Å². The van der Waals surface area contributed by atoms with E-state index in [0.717, 1.165) is 21.2 Å². The summed E-state index contributed by atoms with van der Waals surface area (Å²) in [5, 5.41) is 23.7. The molecule has 15 nitrogen and oxygen atoms in total. The van der Waals surface area contributed by atoms with Crippen LogP contribution in [0.5, 0.6) is 5.75 Å². The van der Waals surface area contributed by atoms with Crippen LogP contribution in [0.2, 0.25) is 0 Å². The van der Waals surface area contributed by atoms with Gasteiger partial charge in [0.05, 0.1) is 11.0 Å². The number of hydrogen-bond acceptors (Lipinski definition) is 9. The quantitative estimate of drug-likeness (QED) is 0.207. The number of carboxylic acids is 1. The minimum Gasteiger partial charge on any atom is -0.508 e. The molecule has 212 valence electrons. The number of aromatic hydroxyl groups is 1. The highest BCUT2D eigenvalue weighted by molar-refractivity contribution is 8.00. The Balaban J connectivity index is 1.39. The summed E-state index contributed by atoms with van der Waals surface area (Å²) in [5.74, 6) is -2.99. The van der Waals surface area contributed by atoms with Gasteiger partial charge >= 0.3 is 23.8 Å². The zero-order valence-corrected chi connectivity index (χ0v) is 21.7. The zero-order chi connectivity index (χ0) is 29.4. The molecule has 0 aliphatic carbocycles. The molecule has 0 radical (unpaired) electrons. The van der Waals surface area contributed by atoms with Gasteiger partial charge in [-0.3, -0.25) is 14.5 Å². The number of phenolic OH excluding ortho intramolecular Hbond substituents is 1. The number of hydrogen-bond donors (Lipinski definition) is 6. The zero-order valence-electron chi connectivity index (χ0n) is 20.9. The Morgan fingerprint density at radius 1 is 1.12 bits per heavy atom. The standard InChI is InChI=1S/C25H22N6O9S/c26-23(37)40-9-12-10-41-21-17(20(34)31(21)18(12)22(35)36)28-19(33)16(11-5-7-13(32)8-6-11)29-25(39)30-15-4-2-1-3-14(15)27-24(30)38/h1-8,16-17,21,32H,9-10H2,(H2,26,37)(H,27,38)(H,28,33)(H,29,39)(H,35,36)/t16?,17?,21-/m1/s1. The van der Waals surface area contributed by atoms with Gasteiger partial charge in [0.2, 0.25) is 5.91 Å². The maximum Gasteiger partial charge on any atom is 0.404 e. The van der Waals surface area contributed by atoms with Gasteiger partial charge in [0, 0.05) is 11.3 Å². The number of amides is 4. The third kappa shape index (κ3) is 5.07. The normalized spacial score (nSPS) is 18.7. The number of H-pyrrole nitrogens is 1. The largest absolute Gasteiger partial charge is 0.508 e. The van der Waals surface area contributed by atoms with Crippen molar-refractivity contribution in [2.75, 3.05) is 12.4 Å². The van der Waals surface area contributed by atoms with Crippen LogP contribution in [0.15, 0.2) is 64.6 Å². The van der Waals surface area contributed by atoms with Crippen LogP contribution in [0.4, 0.5) is 9.59 Å². The summed E-state index contributed by atoms with van der Waals surface area (Å²) in [5.41, 5.74) is 4.93. The number of nitrogens with zero attached hydrogens (tertiary/aromatic N) is 2. The molecule has 1 fully saturated rings. The Labute approximate surface area is 233 Å². The van der Waals surface area contributed by atoms with Gasteiger partial charge < -0.3 is 36.3 Å². The highest BCUT2D eigenvalue weighted by Crippen LogP contribution is 2.40. The topological polar surface area (TPSA) is 226 Å². The summed E-state index contributed by atoms with van der Waals surface area (Å²) >= 11 is 1.14. The first-order valence-corrected chi connectivity index (χ1v) is 13.0. The average molecular weight is 583 g/mol. The monoisotopic (exact) mass is 582 g/mol. The van der Waals surface area contributed by atoms with Crippen molar-refractivity contribution in [2.24, 2.45) is 5.73 Å². The van der Waals surface area contributed by atoms with E-state index < -0.39 is 59.7 Å². The van der Waals surface area contributed by atoms with Crippen molar-refractivity contribution in [3.63, 3.8) is 0 Å². The average Bonchev–Trinajstić information content (AvgIpc) is 3.28. The Hall–Kier alpha value is -5.25. The molecule has 5 rings (SSSR count). The van der Waals surface area contributed by atoms with Gasteiger partial charge in [-0.1, -0.05) is 24.3 Å². The SMILES string of the molecule is NC(=O)OCC1=C(C(=O)O)N2C(=O)C(NC(=O)C(NC(=O)n3c(=O)[nH]c4ccccc43)c3ccc(O)cc3)[C@H]2SC1. The molecule has 2 aliphatic heterocycles. The molecule has 3 atom stereocenters. The van der Waals surface area contributed by atoms with E-state index in [9.17, 15) is 39.0 Å². The van der Waals surface area contributed by atoms with E-state index in [1.165, 1.54) is 24.3 Å². The summed E-state index contributed by atoms with van der Waals surface area (Å²) in [6.07, 6.45) is -1.10. The van der Waals surface area contributed by atoms with Crippen LogP contribution in [-0.4, -0.2) is 78.3 Å². The number of benzene rings is 2. The smallest absolute Gasteiger partial charge is 0.404 e. The number of phenols is 1. The molecule has 0 bridgehead atoms. The number of imidazole rings is 1. The van der Waals surface area contributed by atoms with Crippen LogP contribution in [0.1, 0.15) is 11.6 Å². The molecule has 3 aromatic rings. The molecule has 16 heteroatoms. The number of β-lactam (4-membered cyclic amide) rings is 1. The molecule has 3 heterocycles. The van der Waals surface area contributed by atoms with Crippen molar-refractivity contribution < 1.29 is 38.9 Å². The van der Waals surface area contributed by atoms with Gasteiger partial charge in [-0.15, -0.1) is 11.8 Å². The van der Waals surface area contributed by atoms with Crippen LogP contribution < -0.4 is 22.1 Å². The Bertz CT molecular complexity index is 1680. The minimum absolute atomic E-state index is 0.0807. The first kappa shape index (κ1) is 27.3. The number of carbonyl (C=O) groups is 5. The van der Waals surface area contributed by atoms with E-state index >= 15 is 0 Å².